The van der Waals surface area contributed by atoms with Crippen LogP contribution in [0.2, 0.25) is 0 Å². The van der Waals surface area contributed by atoms with Crippen LogP contribution in [-0.4, -0.2) is 15.1 Å². The van der Waals surface area contributed by atoms with E-state index in [1.165, 1.54) is 0 Å². The van der Waals surface area contributed by atoms with Crippen molar-refractivity contribution >= 4 is 0 Å². The Balaban J connectivity index is 2.45. The van der Waals surface area contributed by atoms with Crippen molar-refractivity contribution in [2.75, 3.05) is 0 Å². The number of aromatic nitrogens is 3. The van der Waals surface area contributed by atoms with E-state index < -0.39 is 0 Å². The molecule has 0 spiro atoms. The zero-order chi connectivity index (χ0) is 7.68. The van der Waals surface area contributed by atoms with Gasteiger partial charge in [-0.25, -0.2) is 0 Å². The molecular formula is C7H7N3O. The molecule has 1 N–H and O–H groups in total. The largest absolute Gasteiger partial charge is 0.359 e. The molecule has 0 saturated heterocycles. The summed E-state index contributed by atoms with van der Waals surface area (Å²) >= 11 is 0. The highest BCUT2D eigenvalue weighted by Gasteiger charge is 2.04. The molecule has 11 heavy (non-hydrogen) atoms. The summed E-state index contributed by atoms with van der Waals surface area (Å²) in [6, 6.07) is 3.78. The van der Waals surface area contributed by atoms with Crippen molar-refractivity contribution in [3.8, 4) is 11.5 Å². The summed E-state index contributed by atoms with van der Waals surface area (Å²) in [6.45, 7) is 1.76. The minimum absolute atomic E-state index is 0.578. The summed E-state index contributed by atoms with van der Waals surface area (Å²) in [5, 5.41) is 3.74. The Labute approximate surface area is 63.2 Å². The van der Waals surface area contributed by atoms with Gasteiger partial charge in [-0.15, -0.1) is 0 Å². The van der Waals surface area contributed by atoms with E-state index in [-0.39, 0.29) is 0 Å². The summed E-state index contributed by atoms with van der Waals surface area (Å²) in [5.74, 6) is 1.18. The van der Waals surface area contributed by atoms with Crippen LogP contribution in [0.15, 0.2) is 22.9 Å². The predicted molar refractivity (Wildman–Crippen MR) is 38.8 cm³/mol. The first-order valence-corrected chi connectivity index (χ1v) is 3.30. The van der Waals surface area contributed by atoms with Crippen LogP contribution >= 0.6 is 0 Å². The molecule has 0 saturated carbocycles. The van der Waals surface area contributed by atoms with Gasteiger partial charge in [0.25, 0.3) is 0 Å². The quantitative estimate of drug-likeness (QED) is 0.666. The average Bonchev–Trinajstić information content (AvgIpc) is 2.55. The van der Waals surface area contributed by atoms with Gasteiger partial charge < -0.3 is 9.51 Å². The highest BCUT2D eigenvalue weighted by molar-refractivity contribution is 5.47. The lowest BCUT2D eigenvalue weighted by Gasteiger charge is -1.82. The van der Waals surface area contributed by atoms with Gasteiger partial charge in [0.1, 0.15) is 0 Å². The van der Waals surface area contributed by atoms with Gasteiger partial charge in [-0.1, -0.05) is 5.16 Å². The summed E-state index contributed by atoms with van der Waals surface area (Å²) in [6.07, 6.45) is 1.82. The molecule has 0 amide bonds. The number of nitrogens with one attached hydrogen (secondary N) is 1. The van der Waals surface area contributed by atoms with E-state index >= 15 is 0 Å². The highest BCUT2D eigenvalue weighted by atomic mass is 16.5. The number of nitrogens with zero attached hydrogens (tertiary/aromatic N) is 2. The van der Waals surface area contributed by atoms with Gasteiger partial charge in [0.2, 0.25) is 11.7 Å². The standard InChI is InChI=1S/C7H7N3O/c1-5-9-7(10-11-5)6-3-2-4-8-6/h2-4,8H,1H3. The third-order valence-electron chi connectivity index (χ3n) is 1.37. The number of hydrogen-bond donors (Lipinski definition) is 1. The molecule has 2 aromatic rings. The van der Waals surface area contributed by atoms with Crippen LogP contribution in [0.1, 0.15) is 5.89 Å². The lowest BCUT2D eigenvalue weighted by atomic mass is 10.4. The van der Waals surface area contributed by atoms with E-state index in [4.69, 9.17) is 4.52 Å². The lowest BCUT2D eigenvalue weighted by Crippen LogP contribution is -1.78. The van der Waals surface area contributed by atoms with Crippen molar-refractivity contribution in [3.63, 3.8) is 0 Å². The molecule has 4 nitrogen and oxygen atoms in total. The van der Waals surface area contributed by atoms with Crippen molar-refractivity contribution in [3.05, 3.63) is 24.2 Å². The number of H-pyrrole nitrogens is 1. The van der Waals surface area contributed by atoms with Gasteiger partial charge in [-0.2, -0.15) is 4.98 Å². The zero-order valence-corrected chi connectivity index (χ0v) is 6.03. The third-order valence-corrected chi connectivity index (χ3v) is 1.37. The first kappa shape index (κ1) is 6.15. The van der Waals surface area contributed by atoms with Gasteiger partial charge in [-0.3, -0.25) is 0 Å². The SMILES string of the molecule is Cc1nc(-c2ccc[nH]2)no1. The smallest absolute Gasteiger partial charge is 0.223 e. The first-order valence-electron chi connectivity index (χ1n) is 3.30. The fraction of sp³-hybridized carbons (Fsp3) is 0.143. The molecule has 0 radical (unpaired) electrons. The Morgan fingerprint density at radius 2 is 2.45 bits per heavy atom. The van der Waals surface area contributed by atoms with Crippen LogP contribution < -0.4 is 0 Å². The van der Waals surface area contributed by atoms with Crippen LogP contribution in [0, 0.1) is 6.92 Å². The first-order chi connectivity index (χ1) is 5.36. The topological polar surface area (TPSA) is 54.7 Å². The van der Waals surface area contributed by atoms with Crippen molar-refractivity contribution in [1.29, 1.82) is 0 Å². The second kappa shape index (κ2) is 2.23. The van der Waals surface area contributed by atoms with E-state index in [0.717, 1.165) is 5.69 Å². The maximum atomic E-state index is 4.81. The molecule has 0 aromatic carbocycles. The van der Waals surface area contributed by atoms with Crippen molar-refractivity contribution < 1.29 is 4.52 Å². The average molecular weight is 149 g/mol. The molecule has 2 aromatic heterocycles. The van der Waals surface area contributed by atoms with Gasteiger partial charge in [0.05, 0.1) is 5.69 Å². The van der Waals surface area contributed by atoms with E-state index in [9.17, 15) is 0 Å². The minimum atomic E-state index is 0.578. The lowest BCUT2D eigenvalue weighted by molar-refractivity contribution is 0.394. The Morgan fingerprint density at radius 3 is 3.00 bits per heavy atom. The van der Waals surface area contributed by atoms with Gasteiger partial charge in [-0.05, 0) is 12.1 Å². The molecule has 0 aliphatic heterocycles. The summed E-state index contributed by atoms with van der Waals surface area (Å²) < 4.78 is 4.81. The Kier molecular flexibility index (Phi) is 1.25. The van der Waals surface area contributed by atoms with Gasteiger partial charge >= 0.3 is 0 Å². The second-order valence-corrected chi connectivity index (χ2v) is 2.22. The monoisotopic (exact) mass is 149 g/mol. The molecule has 0 aliphatic rings. The molecule has 0 fully saturated rings. The second-order valence-electron chi connectivity index (χ2n) is 2.22. The summed E-state index contributed by atoms with van der Waals surface area (Å²) in [4.78, 5) is 7.03. The van der Waals surface area contributed by atoms with Crippen LogP contribution in [-0.2, 0) is 0 Å². The molecule has 0 atom stereocenters. The van der Waals surface area contributed by atoms with Crippen LogP contribution in [0.5, 0.6) is 0 Å². The molecule has 0 unspecified atom stereocenters. The minimum Gasteiger partial charge on any atom is -0.359 e. The fourth-order valence-corrected chi connectivity index (χ4v) is 0.878. The van der Waals surface area contributed by atoms with Crippen molar-refractivity contribution in [2.24, 2.45) is 0 Å². The van der Waals surface area contributed by atoms with E-state index in [0.29, 0.717) is 11.7 Å². The van der Waals surface area contributed by atoms with Gasteiger partial charge in [0.15, 0.2) is 0 Å². The van der Waals surface area contributed by atoms with Crippen LogP contribution in [0.25, 0.3) is 11.5 Å². The fourth-order valence-electron chi connectivity index (χ4n) is 0.878. The molecular weight excluding hydrogens is 142 g/mol. The summed E-state index contributed by atoms with van der Waals surface area (Å²) in [7, 11) is 0. The van der Waals surface area contributed by atoms with Gasteiger partial charge in [0, 0.05) is 13.1 Å². The number of hydrogen-bond acceptors (Lipinski definition) is 3. The Morgan fingerprint density at radius 1 is 1.55 bits per heavy atom. The predicted octanol–water partition coefficient (Wildman–Crippen LogP) is 1.37. The highest BCUT2D eigenvalue weighted by Crippen LogP contribution is 2.11. The Bertz CT molecular complexity index is 336. The Hall–Kier alpha value is -1.58. The molecule has 0 bridgehead atoms. The van der Waals surface area contributed by atoms with Crippen LogP contribution in [0.3, 0.4) is 0 Å². The molecule has 4 heteroatoms. The number of rotatable bonds is 1. The van der Waals surface area contributed by atoms with Crippen LogP contribution in [0.4, 0.5) is 0 Å². The summed E-state index contributed by atoms with van der Waals surface area (Å²) in [5.41, 5.74) is 0.877. The van der Waals surface area contributed by atoms with E-state index in [1.54, 1.807) is 6.92 Å². The molecule has 2 rings (SSSR count). The third kappa shape index (κ3) is 1.02. The normalized spacial score (nSPS) is 10.3. The van der Waals surface area contributed by atoms with E-state index in [1.807, 2.05) is 18.3 Å². The molecule has 0 aliphatic carbocycles. The molecule has 56 valence electrons. The zero-order valence-electron chi connectivity index (χ0n) is 6.03. The number of aryl methyl sites for hydroxylation is 1. The maximum absolute atomic E-state index is 4.81. The van der Waals surface area contributed by atoms with Crippen molar-refractivity contribution in [1.82, 2.24) is 15.1 Å². The number of aromatic amines is 1. The maximum Gasteiger partial charge on any atom is 0.223 e. The van der Waals surface area contributed by atoms with E-state index in [2.05, 4.69) is 15.1 Å². The molecule has 2 heterocycles. The van der Waals surface area contributed by atoms with Crippen molar-refractivity contribution in [2.45, 2.75) is 6.92 Å².